The van der Waals surface area contributed by atoms with Gasteiger partial charge in [-0.1, -0.05) is 39.8 Å². The lowest BCUT2D eigenvalue weighted by Crippen LogP contribution is -2.27. The summed E-state index contributed by atoms with van der Waals surface area (Å²) in [7, 11) is 0. The zero-order chi connectivity index (χ0) is 19.6. The molecule has 8 heteroatoms. The fourth-order valence-electron chi connectivity index (χ4n) is 2.35. The molecule has 1 amide bonds. The third-order valence-electron chi connectivity index (χ3n) is 3.84. The summed E-state index contributed by atoms with van der Waals surface area (Å²) in [5.41, 5.74) is 0.779. The molecule has 0 radical (unpaired) electrons. The van der Waals surface area contributed by atoms with Gasteiger partial charge in [-0.25, -0.2) is 9.97 Å². The first-order chi connectivity index (χ1) is 12.8. The zero-order valence-electron chi connectivity index (χ0n) is 16.2. The molecule has 3 rings (SSSR count). The molecular weight excluding hydrogens is 344 g/mol. The Morgan fingerprint density at radius 1 is 1.30 bits per heavy atom. The maximum Gasteiger partial charge on any atom is 0.271 e. The van der Waals surface area contributed by atoms with Crippen molar-refractivity contribution in [3.8, 4) is 17.3 Å². The molecule has 0 aromatic carbocycles. The fraction of sp³-hybridized carbons (Fsp3) is 0.421. The summed E-state index contributed by atoms with van der Waals surface area (Å²) in [4.78, 5) is 25.3. The lowest BCUT2D eigenvalue weighted by atomic mass is 9.96. The number of imidazole rings is 1. The van der Waals surface area contributed by atoms with Crippen LogP contribution in [0.3, 0.4) is 0 Å². The van der Waals surface area contributed by atoms with Crippen molar-refractivity contribution in [3.63, 3.8) is 0 Å². The number of rotatable bonds is 5. The predicted molar refractivity (Wildman–Crippen MR) is 101 cm³/mol. The lowest BCUT2D eigenvalue weighted by molar-refractivity contribution is 0.0944. The Balaban J connectivity index is 1.91. The summed E-state index contributed by atoms with van der Waals surface area (Å²) in [5.74, 6) is 1.71. The Morgan fingerprint density at radius 2 is 2.07 bits per heavy atom. The lowest BCUT2D eigenvalue weighted by Gasteiger charge is -2.11. The van der Waals surface area contributed by atoms with Crippen molar-refractivity contribution in [2.24, 2.45) is 5.92 Å². The summed E-state index contributed by atoms with van der Waals surface area (Å²) >= 11 is 0. The van der Waals surface area contributed by atoms with Gasteiger partial charge in [0, 0.05) is 24.4 Å². The molecule has 0 aliphatic carbocycles. The van der Waals surface area contributed by atoms with Gasteiger partial charge in [0.1, 0.15) is 12.0 Å². The van der Waals surface area contributed by atoms with Gasteiger partial charge in [-0.15, -0.1) is 0 Å². The van der Waals surface area contributed by atoms with Gasteiger partial charge in [-0.05, 0) is 18.1 Å². The SMILES string of the molecule is CC(C)CNC(=O)c1cn(-c2ncccc2-c2nc(C(C)(C)C)no2)cn1. The van der Waals surface area contributed by atoms with Gasteiger partial charge in [0.25, 0.3) is 11.8 Å². The second kappa shape index (κ2) is 7.30. The van der Waals surface area contributed by atoms with Crippen molar-refractivity contribution in [2.75, 3.05) is 6.54 Å². The van der Waals surface area contributed by atoms with Crippen molar-refractivity contribution in [2.45, 2.75) is 40.0 Å². The first-order valence-electron chi connectivity index (χ1n) is 8.88. The molecule has 0 bridgehead atoms. The standard InChI is InChI=1S/C19H24N6O2/c1-12(2)9-21-16(26)14-10-25(11-22-14)15-13(7-6-8-20-15)17-23-18(24-27-17)19(3,4)5/h6-8,10-12H,9H2,1-5H3,(H,21,26). The number of nitrogens with one attached hydrogen (secondary N) is 1. The van der Waals surface area contributed by atoms with Gasteiger partial charge in [-0.3, -0.25) is 9.36 Å². The van der Waals surface area contributed by atoms with Crippen molar-refractivity contribution >= 4 is 5.91 Å². The van der Waals surface area contributed by atoms with Crippen molar-refractivity contribution in [1.82, 2.24) is 30.0 Å². The molecule has 3 heterocycles. The molecule has 0 saturated carbocycles. The number of nitrogens with zero attached hydrogens (tertiary/aromatic N) is 5. The second-order valence-electron chi connectivity index (χ2n) is 7.82. The van der Waals surface area contributed by atoms with Crippen LogP contribution in [0.2, 0.25) is 0 Å². The van der Waals surface area contributed by atoms with E-state index in [9.17, 15) is 4.79 Å². The number of carbonyl (C=O) groups is 1. The summed E-state index contributed by atoms with van der Waals surface area (Å²) < 4.78 is 7.13. The third kappa shape index (κ3) is 4.21. The maximum absolute atomic E-state index is 12.2. The maximum atomic E-state index is 12.2. The second-order valence-corrected chi connectivity index (χ2v) is 7.82. The van der Waals surface area contributed by atoms with Crippen LogP contribution in [0.1, 0.15) is 50.9 Å². The highest BCUT2D eigenvalue weighted by atomic mass is 16.5. The highest BCUT2D eigenvalue weighted by molar-refractivity contribution is 5.92. The highest BCUT2D eigenvalue weighted by Crippen LogP contribution is 2.27. The van der Waals surface area contributed by atoms with E-state index in [2.05, 4.69) is 25.4 Å². The molecule has 3 aromatic rings. The van der Waals surface area contributed by atoms with Crippen LogP contribution in [0.15, 0.2) is 35.4 Å². The molecule has 0 aliphatic rings. The normalized spacial score (nSPS) is 11.8. The van der Waals surface area contributed by atoms with Crippen LogP contribution in [0.25, 0.3) is 17.3 Å². The quantitative estimate of drug-likeness (QED) is 0.743. The Bertz CT molecular complexity index is 936. The number of amides is 1. The molecular formula is C19H24N6O2. The molecule has 0 aliphatic heterocycles. The van der Waals surface area contributed by atoms with Crippen LogP contribution < -0.4 is 5.32 Å². The first-order valence-corrected chi connectivity index (χ1v) is 8.88. The average Bonchev–Trinajstić information content (AvgIpc) is 3.28. The largest absolute Gasteiger partial charge is 0.350 e. The Labute approximate surface area is 158 Å². The monoisotopic (exact) mass is 368 g/mol. The molecule has 27 heavy (non-hydrogen) atoms. The van der Waals surface area contributed by atoms with Gasteiger partial charge >= 0.3 is 0 Å². The highest BCUT2D eigenvalue weighted by Gasteiger charge is 2.23. The topological polar surface area (TPSA) is 98.7 Å². The fourth-order valence-corrected chi connectivity index (χ4v) is 2.35. The van der Waals surface area contributed by atoms with E-state index in [0.29, 0.717) is 41.3 Å². The number of pyridine rings is 1. The van der Waals surface area contributed by atoms with Crippen LogP contribution in [0.5, 0.6) is 0 Å². The summed E-state index contributed by atoms with van der Waals surface area (Å²) in [6, 6.07) is 3.65. The third-order valence-corrected chi connectivity index (χ3v) is 3.84. The number of aromatic nitrogens is 5. The van der Waals surface area contributed by atoms with E-state index in [4.69, 9.17) is 4.52 Å². The molecule has 0 unspecified atom stereocenters. The number of hydrogen-bond donors (Lipinski definition) is 1. The van der Waals surface area contributed by atoms with E-state index in [1.165, 1.54) is 0 Å². The van der Waals surface area contributed by atoms with Crippen LogP contribution in [-0.2, 0) is 5.41 Å². The zero-order valence-corrected chi connectivity index (χ0v) is 16.2. The first kappa shape index (κ1) is 18.8. The summed E-state index contributed by atoms with van der Waals surface area (Å²) in [6.45, 7) is 10.7. The Kier molecular flexibility index (Phi) is 5.07. The van der Waals surface area contributed by atoms with Gasteiger partial charge in [0.05, 0.1) is 5.56 Å². The predicted octanol–water partition coefficient (Wildman–Crippen LogP) is 3.00. The minimum absolute atomic E-state index is 0.215. The van der Waals surface area contributed by atoms with Crippen molar-refractivity contribution in [1.29, 1.82) is 0 Å². The Morgan fingerprint density at radius 3 is 2.74 bits per heavy atom. The minimum Gasteiger partial charge on any atom is -0.350 e. The Hall–Kier alpha value is -3.03. The van der Waals surface area contributed by atoms with Gasteiger partial charge in [0.2, 0.25) is 0 Å². The van der Waals surface area contributed by atoms with E-state index in [-0.39, 0.29) is 11.3 Å². The van der Waals surface area contributed by atoms with Crippen LogP contribution in [-0.4, -0.2) is 37.1 Å². The molecule has 0 atom stereocenters. The molecule has 0 fully saturated rings. The van der Waals surface area contributed by atoms with Crippen LogP contribution in [0.4, 0.5) is 0 Å². The minimum atomic E-state index is -0.221. The molecule has 1 N–H and O–H groups in total. The van der Waals surface area contributed by atoms with Crippen molar-refractivity contribution in [3.05, 3.63) is 42.4 Å². The molecule has 142 valence electrons. The van der Waals surface area contributed by atoms with Crippen molar-refractivity contribution < 1.29 is 9.32 Å². The van der Waals surface area contributed by atoms with E-state index in [0.717, 1.165) is 0 Å². The van der Waals surface area contributed by atoms with Gasteiger partial charge in [-0.2, -0.15) is 4.98 Å². The van der Waals surface area contributed by atoms with Gasteiger partial charge < -0.3 is 9.84 Å². The molecule has 0 spiro atoms. The summed E-state index contributed by atoms with van der Waals surface area (Å²) in [6.07, 6.45) is 4.86. The van der Waals surface area contributed by atoms with E-state index < -0.39 is 0 Å². The van der Waals surface area contributed by atoms with Gasteiger partial charge in [0.15, 0.2) is 11.6 Å². The van der Waals surface area contributed by atoms with E-state index >= 15 is 0 Å². The molecule has 0 saturated heterocycles. The summed E-state index contributed by atoms with van der Waals surface area (Å²) in [5, 5.41) is 6.92. The van der Waals surface area contributed by atoms with Crippen LogP contribution >= 0.6 is 0 Å². The van der Waals surface area contributed by atoms with E-state index in [1.54, 1.807) is 29.4 Å². The molecule has 8 nitrogen and oxygen atoms in total. The average molecular weight is 368 g/mol. The van der Waals surface area contributed by atoms with E-state index in [1.807, 2.05) is 40.7 Å². The smallest absolute Gasteiger partial charge is 0.271 e. The van der Waals surface area contributed by atoms with Crippen LogP contribution in [0, 0.1) is 5.92 Å². The number of hydrogen-bond acceptors (Lipinski definition) is 6. The molecule has 3 aromatic heterocycles. The number of carbonyl (C=O) groups excluding carboxylic acids is 1.